The number of carbonyl (C=O) groups is 3. The maximum Gasteiger partial charge on any atom is 0.306 e. The minimum absolute atomic E-state index is 0. The van der Waals surface area contributed by atoms with Crippen molar-refractivity contribution in [1.29, 1.82) is 0 Å². The largest absolute Gasteiger partial charge is 0.503 e. The molecule has 0 bridgehead atoms. The molecule has 14 heteroatoms. The Morgan fingerprint density at radius 2 is 0.868 bits per heavy atom. The first-order valence-electron chi connectivity index (χ1n) is 17.2. The first-order chi connectivity index (χ1) is 24.5. The van der Waals surface area contributed by atoms with Crippen LogP contribution < -0.4 is 0 Å². The molecule has 0 amide bonds. The van der Waals surface area contributed by atoms with Crippen LogP contribution in [0.1, 0.15) is 97.9 Å². The van der Waals surface area contributed by atoms with Crippen molar-refractivity contribution < 1.29 is 60.4 Å². The zero-order valence-corrected chi connectivity index (χ0v) is 30.5. The van der Waals surface area contributed by atoms with Gasteiger partial charge in [-0.25, -0.2) is 26.3 Å². The van der Waals surface area contributed by atoms with Crippen LogP contribution in [0.5, 0.6) is 5.75 Å². The van der Waals surface area contributed by atoms with Crippen molar-refractivity contribution in [3.05, 3.63) is 99.1 Å². The fourth-order valence-electron chi connectivity index (χ4n) is 6.29. The number of halogens is 7. The normalized spacial score (nSPS) is 21.8. The number of phenolic OH excluding ortho intramolecular Hbond substituents is 1. The van der Waals surface area contributed by atoms with Gasteiger partial charge < -0.3 is 19.7 Å². The molecule has 7 nitrogen and oxygen atoms in total. The molecule has 6 atom stereocenters. The molecule has 6 rings (SSSR count). The molecule has 3 saturated carbocycles. The van der Waals surface area contributed by atoms with E-state index in [0.717, 1.165) is 18.6 Å². The number of aliphatic carboxylic acids is 1. The number of hydrogen-bond acceptors (Lipinski definition) is 6. The lowest BCUT2D eigenvalue weighted by Gasteiger charge is -2.05. The van der Waals surface area contributed by atoms with Crippen molar-refractivity contribution in [2.45, 2.75) is 84.0 Å². The maximum atomic E-state index is 13.4. The molecule has 0 spiro atoms. The SMILES string of the molecule is CCOC(=O)CC1CC1c1cc(F)c(C)c(F)c1.CCOC(=O)CC1CC1c1cc(F)c(O)c(F)c1.Cc1c(F)cc(C2CC2CC(=O)O)cc1F.Cl. The van der Waals surface area contributed by atoms with Gasteiger partial charge in [0, 0.05) is 30.4 Å². The molecule has 2 N–H and O–H groups in total. The molecule has 0 heterocycles. The second-order valence-corrected chi connectivity index (χ2v) is 13.5. The van der Waals surface area contributed by atoms with E-state index >= 15 is 0 Å². The summed E-state index contributed by atoms with van der Waals surface area (Å²) >= 11 is 0. The van der Waals surface area contributed by atoms with Gasteiger partial charge in [-0.2, -0.15) is 0 Å². The number of esters is 2. The zero-order chi connectivity index (χ0) is 38.4. The van der Waals surface area contributed by atoms with Crippen LogP contribution in [0.15, 0.2) is 36.4 Å². The number of rotatable bonds is 11. The Morgan fingerprint density at radius 1 is 0.585 bits per heavy atom. The summed E-state index contributed by atoms with van der Waals surface area (Å²) in [4.78, 5) is 33.0. The summed E-state index contributed by atoms with van der Waals surface area (Å²) < 4.78 is 89.3. The predicted octanol–water partition coefficient (Wildman–Crippen LogP) is 9.33. The molecule has 3 aliphatic rings. The van der Waals surface area contributed by atoms with E-state index < -0.39 is 46.6 Å². The highest BCUT2D eigenvalue weighted by atomic mass is 35.5. The summed E-state index contributed by atoms with van der Waals surface area (Å²) in [5, 5.41) is 17.6. The van der Waals surface area contributed by atoms with Crippen molar-refractivity contribution in [2.75, 3.05) is 13.2 Å². The van der Waals surface area contributed by atoms with Crippen LogP contribution >= 0.6 is 12.4 Å². The van der Waals surface area contributed by atoms with Crippen LogP contribution in [0.4, 0.5) is 26.3 Å². The number of carbonyl (C=O) groups excluding carboxylic acids is 2. The minimum Gasteiger partial charge on any atom is -0.503 e. The number of carboxylic acid groups (broad SMARTS) is 1. The van der Waals surface area contributed by atoms with Gasteiger partial charge in [0.2, 0.25) is 0 Å². The van der Waals surface area contributed by atoms with Crippen molar-refractivity contribution in [1.82, 2.24) is 0 Å². The van der Waals surface area contributed by atoms with Crippen LogP contribution in [-0.4, -0.2) is 41.3 Å². The van der Waals surface area contributed by atoms with E-state index in [1.165, 1.54) is 38.1 Å². The third kappa shape index (κ3) is 11.9. The van der Waals surface area contributed by atoms with Crippen molar-refractivity contribution in [3.8, 4) is 5.75 Å². The van der Waals surface area contributed by atoms with Crippen LogP contribution in [0.2, 0.25) is 0 Å². The molecule has 3 aromatic carbocycles. The minimum atomic E-state index is -0.966. The molecule has 0 aliphatic heterocycles. The van der Waals surface area contributed by atoms with E-state index in [2.05, 4.69) is 0 Å². The van der Waals surface area contributed by atoms with Gasteiger partial charge >= 0.3 is 17.9 Å². The average Bonchev–Trinajstić information content (AvgIpc) is 3.98. The molecular formula is C39H43ClF6O7. The van der Waals surface area contributed by atoms with E-state index in [4.69, 9.17) is 19.7 Å². The summed E-state index contributed by atoms with van der Waals surface area (Å²) in [6.45, 7) is 6.98. The maximum absolute atomic E-state index is 13.4. The van der Waals surface area contributed by atoms with Crippen LogP contribution in [0, 0.1) is 66.5 Å². The van der Waals surface area contributed by atoms with Gasteiger partial charge in [-0.1, -0.05) is 0 Å². The molecular weight excluding hydrogens is 730 g/mol. The van der Waals surface area contributed by atoms with Crippen LogP contribution in [0.3, 0.4) is 0 Å². The third-order valence-corrected chi connectivity index (χ3v) is 9.60. The van der Waals surface area contributed by atoms with Gasteiger partial charge in [-0.05, 0) is 136 Å². The number of hydrogen-bond donors (Lipinski definition) is 2. The molecule has 3 fully saturated rings. The highest BCUT2D eigenvalue weighted by Gasteiger charge is 2.42. The topological polar surface area (TPSA) is 110 Å². The Labute approximate surface area is 310 Å². The summed E-state index contributed by atoms with van der Waals surface area (Å²) in [7, 11) is 0. The number of aromatic hydroxyl groups is 1. The van der Waals surface area contributed by atoms with E-state index in [1.807, 2.05) is 0 Å². The van der Waals surface area contributed by atoms with Crippen molar-refractivity contribution in [3.63, 3.8) is 0 Å². The van der Waals surface area contributed by atoms with E-state index in [1.54, 1.807) is 13.8 Å². The van der Waals surface area contributed by atoms with Gasteiger partial charge in [-0.3, -0.25) is 14.4 Å². The molecule has 290 valence electrons. The van der Waals surface area contributed by atoms with Gasteiger partial charge in [0.1, 0.15) is 23.3 Å². The highest BCUT2D eigenvalue weighted by molar-refractivity contribution is 5.85. The molecule has 0 aromatic heterocycles. The third-order valence-electron chi connectivity index (χ3n) is 9.60. The van der Waals surface area contributed by atoms with Crippen LogP contribution in [-0.2, 0) is 23.9 Å². The Bertz CT molecular complexity index is 1650. The molecule has 53 heavy (non-hydrogen) atoms. The van der Waals surface area contributed by atoms with Gasteiger partial charge in [0.25, 0.3) is 0 Å². The second kappa shape index (κ2) is 18.7. The smallest absolute Gasteiger partial charge is 0.306 e. The number of benzene rings is 3. The molecule has 6 unspecified atom stereocenters. The van der Waals surface area contributed by atoms with Gasteiger partial charge in [0.05, 0.1) is 13.2 Å². The van der Waals surface area contributed by atoms with Crippen molar-refractivity contribution in [2.24, 2.45) is 17.8 Å². The standard InChI is InChI=1S/C14H16F2O2.C13H14F2O3.C12H12F2O2.ClH/c1-3-18-14(17)7-9-4-11(9)10-5-12(15)8(2)13(16)6-10;1-2-18-12(16)6-7-3-9(7)8-4-10(14)13(17)11(15)5-8;1-6-10(13)3-8(4-11(6)14)9-2-7(9)5-12(15)16;/h5-6,9,11H,3-4,7H2,1-2H3;4-5,7,9,17H,2-3,6H2,1H3;3-4,7,9H,2,5H2,1H3,(H,15,16);1H. The number of ether oxygens (including phenoxy) is 2. The highest BCUT2D eigenvalue weighted by Crippen LogP contribution is 2.52. The second-order valence-electron chi connectivity index (χ2n) is 13.5. The van der Waals surface area contributed by atoms with Crippen LogP contribution in [0.25, 0.3) is 0 Å². The van der Waals surface area contributed by atoms with Gasteiger partial charge in [-0.15, -0.1) is 12.4 Å². The first-order valence-corrected chi connectivity index (χ1v) is 17.2. The van der Waals surface area contributed by atoms with E-state index in [9.17, 15) is 40.7 Å². The van der Waals surface area contributed by atoms with Crippen molar-refractivity contribution >= 4 is 30.3 Å². The fraction of sp³-hybridized carbons (Fsp3) is 0.462. The summed E-state index contributed by atoms with van der Waals surface area (Å²) in [6.07, 6.45) is 2.87. The molecule has 3 aromatic rings. The monoisotopic (exact) mass is 772 g/mol. The predicted molar refractivity (Wildman–Crippen MR) is 185 cm³/mol. The zero-order valence-electron chi connectivity index (χ0n) is 29.7. The Hall–Kier alpha value is -4.26. The quantitative estimate of drug-likeness (QED) is 0.148. The lowest BCUT2D eigenvalue weighted by atomic mass is 10.1. The van der Waals surface area contributed by atoms with E-state index in [-0.39, 0.29) is 83.8 Å². The lowest BCUT2D eigenvalue weighted by molar-refractivity contribution is -0.144. The van der Waals surface area contributed by atoms with E-state index in [0.29, 0.717) is 49.2 Å². The molecule has 3 aliphatic carbocycles. The first kappa shape index (κ1) is 43.1. The Kier molecular flexibility index (Phi) is 15.2. The summed E-state index contributed by atoms with van der Waals surface area (Å²) in [5.74, 6) is -6.12. The van der Waals surface area contributed by atoms with Gasteiger partial charge in [0.15, 0.2) is 17.4 Å². The molecule has 0 radical (unpaired) electrons. The molecule has 0 saturated heterocycles. The number of carboxylic acids is 1. The lowest BCUT2D eigenvalue weighted by Crippen LogP contribution is -2.05. The number of phenols is 1. The Balaban J connectivity index is 0.000000212. The Morgan fingerprint density at radius 3 is 1.15 bits per heavy atom. The summed E-state index contributed by atoms with van der Waals surface area (Å²) in [5.41, 5.74) is 1.76. The summed E-state index contributed by atoms with van der Waals surface area (Å²) in [6, 6.07) is 7.60. The fourth-order valence-corrected chi connectivity index (χ4v) is 6.29. The average molecular weight is 773 g/mol.